The highest BCUT2D eigenvalue weighted by molar-refractivity contribution is 5.83. The zero-order valence-corrected chi connectivity index (χ0v) is 17.1. The van der Waals surface area contributed by atoms with Crippen LogP contribution in [0.25, 0.3) is 0 Å². The van der Waals surface area contributed by atoms with Crippen LogP contribution in [-0.4, -0.2) is 19.4 Å². The van der Waals surface area contributed by atoms with Crippen molar-refractivity contribution >= 4 is 5.84 Å². The molecular weight excluding hydrogens is 292 g/mol. The Balaban J connectivity index is 0.000000268. The summed E-state index contributed by atoms with van der Waals surface area (Å²) in [6, 6.07) is 0. The summed E-state index contributed by atoms with van der Waals surface area (Å²) in [7, 11) is 1.83. The first kappa shape index (κ1) is 20.7. The molecule has 0 spiro atoms. The summed E-state index contributed by atoms with van der Waals surface area (Å²) in [6.45, 7) is 14.3. The van der Waals surface area contributed by atoms with Crippen LogP contribution in [0, 0.1) is 27.7 Å². The van der Waals surface area contributed by atoms with E-state index in [1.54, 1.807) is 22.3 Å². The van der Waals surface area contributed by atoms with Crippen molar-refractivity contribution in [2.45, 2.75) is 86.5 Å². The van der Waals surface area contributed by atoms with Gasteiger partial charge >= 0.3 is 0 Å². The number of hydrogen-bond acceptors (Lipinski definition) is 1. The largest absolute Gasteiger partial charge is 0.374 e. The first-order valence-electron chi connectivity index (χ1n) is 9.84. The predicted octanol–water partition coefficient (Wildman–Crippen LogP) is 5.61. The van der Waals surface area contributed by atoms with Gasteiger partial charge in [0.05, 0.1) is 5.84 Å². The summed E-state index contributed by atoms with van der Waals surface area (Å²) in [4.78, 5) is 3.99. The molecule has 1 saturated heterocycles. The molecule has 0 radical (unpaired) electrons. The molecule has 0 unspecified atom stereocenters. The number of hydrogen-bond donors (Lipinski definition) is 1. The quantitative estimate of drug-likeness (QED) is 0.614. The average Bonchev–Trinajstić information content (AvgIpc) is 3.03. The molecule has 0 saturated carbocycles. The van der Waals surface area contributed by atoms with Crippen LogP contribution in [0.1, 0.15) is 79.3 Å². The lowest BCUT2D eigenvalue weighted by atomic mass is 9.87. The average molecular weight is 331 g/mol. The highest BCUT2D eigenvalue weighted by Crippen LogP contribution is 2.31. The van der Waals surface area contributed by atoms with Crippen molar-refractivity contribution in [2.75, 3.05) is 13.6 Å². The fourth-order valence-corrected chi connectivity index (χ4v) is 3.69. The Morgan fingerprint density at radius 2 is 1.17 bits per heavy atom. The number of fused-ring (bicyclic) bond motifs is 1. The third kappa shape index (κ3) is 5.09. The Hall–Kier alpha value is -1.31. The normalized spacial score (nSPS) is 17.7. The fourth-order valence-electron chi connectivity index (χ4n) is 3.69. The number of nitrogens with zero attached hydrogens (tertiary/aromatic N) is 1. The van der Waals surface area contributed by atoms with E-state index in [9.17, 15) is 0 Å². The van der Waals surface area contributed by atoms with Gasteiger partial charge in [0.1, 0.15) is 0 Å². The van der Waals surface area contributed by atoms with Crippen LogP contribution in [0.3, 0.4) is 0 Å². The van der Waals surface area contributed by atoms with Crippen molar-refractivity contribution in [3.05, 3.63) is 33.4 Å². The summed E-state index contributed by atoms with van der Waals surface area (Å²) >= 11 is 0. The van der Waals surface area contributed by atoms with E-state index in [0.717, 1.165) is 13.0 Å². The van der Waals surface area contributed by atoms with Crippen LogP contribution in [0.2, 0.25) is 0 Å². The van der Waals surface area contributed by atoms with Gasteiger partial charge in [-0.15, -0.1) is 0 Å². The van der Waals surface area contributed by atoms with E-state index in [1.165, 1.54) is 55.5 Å². The van der Waals surface area contributed by atoms with Gasteiger partial charge in [-0.2, -0.15) is 0 Å². The molecule has 2 aliphatic rings. The maximum atomic E-state index is 3.99. The van der Waals surface area contributed by atoms with Crippen molar-refractivity contribution in [1.29, 1.82) is 0 Å². The minimum absolute atomic E-state index is 1.12. The molecule has 1 aliphatic carbocycles. The van der Waals surface area contributed by atoms with Gasteiger partial charge in [0.25, 0.3) is 0 Å². The molecule has 136 valence electrons. The van der Waals surface area contributed by atoms with E-state index in [-0.39, 0.29) is 0 Å². The molecule has 1 aromatic rings. The molecule has 3 rings (SSSR count). The first-order chi connectivity index (χ1) is 11.6. The summed E-state index contributed by atoms with van der Waals surface area (Å²) < 4.78 is 0. The Kier molecular flexibility index (Phi) is 9.10. The Labute approximate surface area is 150 Å². The lowest BCUT2D eigenvalue weighted by molar-refractivity contribution is 0.710. The number of nitrogens with one attached hydrogen (secondary N) is 1. The van der Waals surface area contributed by atoms with E-state index in [1.807, 2.05) is 20.9 Å². The van der Waals surface area contributed by atoms with Crippen LogP contribution in [0.5, 0.6) is 0 Å². The minimum atomic E-state index is 1.12. The van der Waals surface area contributed by atoms with Gasteiger partial charge < -0.3 is 5.32 Å². The van der Waals surface area contributed by atoms with Crippen molar-refractivity contribution in [3.63, 3.8) is 0 Å². The van der Waals surface area contributed by atoms with Crippen LogP contribution < -0.4 is 5.32 Å². The standard InChI is InChI=1S/C15H22.C5H10N2.C2H6/c1-10-11(2)13(4)15-9-7-5-6-8-14(15)12(10)3;1-6-5-3-2-4-7-5;1-2/h5-9H2,1-4H3;2-4H2,1H3,(H,6,7);1-2H3. The molecule has 1 aromatic carbocycles. The number of amidine groups is 1. The molecule has 2 nitrogen and oxygen atoms in total. The van der Waals surface area contributed by atoms with Crippen molar-refractivity contribution in [3.8, 4) is 0 Å². The molecule has 1 aliphatic heterocycles. The molecule has 1 N–H and O–H groups in total. The third-order valence-electron chi connectivity index (χ3n) is 5.50. The maximum Gasteiger partial charge on any atom is 0.0960 e. The third-order valence-corrected chi connectivity index (χ3v) is 5.50. The minimum Gasteiger partial charge on any atom is -0.374 e. The van der Waals surface area contributed by atoms with E-state index in [0.29, 0.717) is 0 Å². The topological polar surface area (TPSA) is 24.4 Å². The molecule has 0 aromatic heterocycles. The zero-order valence-electron chi connectivity index (χ0n) is 17.1. The van der Waals surface area contributed by atoms with Gasteiger partial charge in [-0.3, -0.25) is 4.99 Å². The molecular formula is C22H38N2. The van der Waals surface area contributed by atoms with Crippen molar-refractivity contribution in [1.82, 2.24) is 5.32 Å². The zero-order chi connectivity index (χ0) is 18.1. The summed E-state index contributed by atoms with van der Waals surface area (Å²) in [5.74, 6) is 1.17. The molecule has 1 heterocycles. The molecule has 2 heteroatoms. The molecule has 0 atom stereocenters. The monoisotopic (exact) mass is 330 g/mol. The highest BCUT2D eigenvalue weighted by atomic mass is 15.0. The smallest absolute Gasteiger partial charge is 0.0960 e. The number of rotatable bonds is 0. The predicted molar refractivity (Wildman–Crippen MR) is 109 cm³/mol. The summed E-state index contributed by atoms with van der Waals surface area (Å²) in [5.41, 5.74) is 9.52. The van der Waals surface area contributed by atoms with E-state index < -0.39 is 0 Å². The van der Waals surface area contributed by atoms with Gasteiger partial charge in [0.15, 0.2) is 0 Å². The fraction of sp³-hybridized carbons (Fsp3) is 0.682. The number of aliphatic imine (C=N–C) groups is 1. The van der Waals surface area contributed by atoms with Gasteiger partial charge in [-0.1, -0.05) is 20.3 Å². The Morgan fingerprint density at radius 3 is 1.50 bits per heavy atom. The SMILES string of the molecule is CC.CN=C1CCCN1.Cc1c(C)c(C)c2c(c1C)CCCCC2. The molecule has 0 amide bonds. The Bertz CT molecular complexity index is 511. The summed E-state index contributed by atoms with van der Waals surface area (Å²) in [5, 5.41) is 3.16. The summed E-state index contributed by atoms with van der Waals surface area (Å²) in [6.07, 6.45) is 9.20. The second-order valence-electron chi connectivity index (χ2n) is 6.72. The van der Waals surface area contributed by atoms with Crippen LogP contribution >= 0.6 is 0 Å². The molecule has 1 fully saturated rings. The Morgan fingerprint density at radius 1 is 0.667 bits per heavy atom. The lowest BCUT2D eigenvalue weighted by Crippen LogP contribution is -2.13. The van der Waals surface area contributed by atoms with E-state index >= 15 is 0 Å². The van der Waals surface area contributed by atoms with E-state index in [2.05, 4.69) is 38.0 Å². The van der Waals surface area contributed by atoms with Gasteiger partial charge in [0.2, 0.25) is 0 Å². The van der Waals surface area contributed by atoms with Gasteiger partial charge in [-0.05, 0) is 93.2 Å². The van der Waals surface area contributed by atoms with Crippen LogP contribution in [-0.2, 0) is 12.8 Å². The second kappa shape index (κ2) is 10.5. The van der Waals surface area contributed by atoms with Crippen LogP contribution in [0.15, 0.2) is 4.99 Å². The molecule has 0 bridgehead atoms. The van der Waals surface area contributed by atoms with Crippen molar-refractivity contribution in [2.24, 2.45) is 4.99 Å². The number of benzene rings is 1. The van der Waals surface area contributed by atoms with Crippen molar-refractivity contribution < 1.29 is 0 Å². The van der Waals surface area contributed by atoms with Gasteiger partial charge in [0, 0.05) is 20.0 Å². The first-order valence-corrected chi connectivity index (χ1v) is 9.84. The van der Waals surface area contributed by atoms with E-state index in [4.69, 9.17) is 0 Å². The maximum absolute atomic E-state index is 3.99. The molecule has 24 heavy (non-hydrogen) atoms. The van der Waals surface area contributed by atoms with Crippen LogP contribution in [0.4, 0.5) is 0 Å². The second-order valence-corrected chi connectivity index (χ2v) is 6.72. The lowest BCUT2D eigenvalue weighted by Gasteiger charge is -2.19. The highest BCUT2D eigenvalue weighted by Gasteiger charge is 2.16. The van der Waals surface area contributed by atoms with Gasteiger partial charge in [-0.25, -0.2) is 0 Å².